The number of aliphatic carboxylic acids is 1. The zero-order valence-corrected chi connectivity index (χ0v) is 20.7. The van der Waals surface area contributed by atoms with E-state index in [9.17, 15) is 29.4 Å². The summed E-state index contributed by atoms with van der Waals surface area (Å²) < 4.78 is 0. The molecule has 0 radical (unpaired) electrons. The predicted octanol–water partition coefficient (Wildman–Crippen LogP) is -2.38. The highest BCUT2D eigenvalue weighted by Crippen LogP contribution is 2.11. The van der Waals surface area contributed by atoms with Crippen LogP contribution in [0.4, 0.5) is 0 Å². The lowest BCUT2D eigenvalue weighted by Gasteiger charge is -2.21. The molecule has 3 amide bonds. The molecule has 14 heteroatoms. The Balaban J connectivity index is 2.73. The average molecular weight is 523 g/mol. The van der Waals surface area contributed by atoms with E-state index < -0.39 is 48.4 Å². The zero-order valence-electron chi connectivity index (χ0n) is 20.7. The number of carbonyl (C=O) groups is 4. The van der Waals surface area contributed by atoms with Gasteiger partial charge in [-0.1, -0.05) is 12.1 Å². The van der Waals surface area contributed by atoms with E-state index in [1.807, 2.05) is 0 Å². The number of phenolic OH excluding ortho intramolecular Hbond substituents is 1. The van der Waals surface area contributed by atoms with Gasteiger partial charge in [-0.2, -0.15) is 0 Å². The molecule has 3 unspecified atom stereocenters. The van der Waals surface area contributed by atoms with Crippen molar-refractivity contribution in [1.82, 2.24) is 16.0 Å². The van der Waals surface area contributed by atoms with E-state index in [1.165, 1.54) is 12.1 Å². The van der Waals surface area contributed by atoms with E-state index in [2.05, 4.69) is 20.9 Å². The molecule has 0 aromatic heterocycles. The number of carboxylic acid groups (broad SMARTS) is 1. The number of nitrogens with two attached hydrogens (primary N) is 4. The van der Waals surface area contributed by atoms with Crippen LogP contribution in [-0.4, -0.2) is 77.6 Å². The van der Waals surface area contributed by atoms with Crippen molar-refractivity contribution in [2.24, 2.45) is 27.9 Å². The monoisotopic (exact) mass is 522 g/mol. The number of phenols is 1. The highest BCUT2D eigenvalue weighted by molar-refractivity contribution is 5.92. The number of hydrogen-bond acceptors (Lipinski definition) is 8. The van der Waals surface area contributed by atoms with Crippen LogP contribution < -0.4 is 38.9 Å². The third kappa shape index (κ3) is 13.1. The summed E-state index contributed by atoms with van der Waals surface area (Å²) in [4.78, 5) is 52.9. The van der Waals surface area contributed by atoms with Gasteiger partial charge in [-0.05, 0) is 62.8 Å². The molecule has 37 heavy (non-hydrogen) atoms. The Bertz CT molecular complexity index is 920. The van der Waals surface area contributed by atoms with Crippen LogP contribution in [0.15, 0.2) is 29.3 Å². The summed E-state index contributed by atoms with van der Waals surface area (Å²) in [5, 5.41) is 26.0. The highest BCUT2D eigenvalue weighted by atomic mass is 16.4. The summed E-state index contributed by atoms with van der Waals surface area (Å²) in [7, 11) is 0. The smallest absolute Gasteiger partial charge is 0.326 e. The molecule has 206 valence electrons. The molecule has 0 aliphatic rings. The maximum Gasteiger partial charge on any atom is 0.326 e. The first-order valence-electron chi connectivity index (χ1n) is 11.9. The molecule has 1 rings (SSSR count). The van der Waals surface area contributed by atoms with Crippen molar-refractivity contribution in [3.63, 3.8) is 0 Å². The molecule has 1 aromatic rings. The Labute approximate surface area is 215 Å². The first-order valence-corrected chi connectivity index (χ1v) is 11.9. The van der Waals surface area contributed by atoms with Crippen molar-refractivity contribution in [3.05, 3.63) is 29.8 Å². The largest absolute Gasteiger partial charge is 0.508 e. The molecular weight excluding hydrogens is 484 g/mol. The van der Waals surface area contributed by atoms with Gasteiger partial charge in [0.1, 0.15) is 17.8 Å². The molecule has 14 nitrogen and oxygen atoms in total. The first-order chi connectivity index (χ1) is 17.5. The summed E-state index contributed by atoms with van der Waals surface area (Å²) in [6.07, 6.45) is 2.00. The number of amides is 3. The number of aliphatic imine (C=N–C) groups is 1. The lowest BCUT2D eigenvalue weighted by molar-refractivity contribution is -0.142. The van der Waals surface area contributed by atoms with E-state index in [-0.39, 0.29) is 37.5 Å². The fourth-order valence-electron chi connectivity index (χ4n) is 3.32. The molecule has 0 fully saturated rings. The summed E-state index contributed by atoms with van der Waals surface area (Å²) >= 11 is 0. The van der Waals surface area contributed by atoms with Crippen molar-refractivity contribution in [3.8, 4) is 5.75 Å². The van der Waals surface area contributed by atoms with Crippen molar-refractivity contribution in [2.75, 3.05) is 19.6 Å². The van der Waals surface area contributed by atoms with Crippen LogP contribution in [0.25, 0.3) is 0 Å². The van der Waals surface area contributed by atoms with Gasteiger partial charge in [-0.15, -0.1) is 0 Å². The van der Waals surface area contributed by atoms with Crippen molar-refractivity contribution in [1.29, 1.82) is 0 Å². The van der Waals surface area contributed by atoms with Gasteiger partial charge in [0.2, 0.25) is 17.7 Å². The molecule has 0 aliphatic heterocycles. The van der Waals surface area contributed by atoms with Crippen LogP contribution in [0.5, 0.6) is 5.75 Å². The van der Waals surface area contributed by atoms with Gasteiger partial charge in [0.25, 0.3) is 0 Å². The SMILES string of the molecule is NCCCCC(NC(=O)CNC(=O)C(CCCN=C(N)N)NC(=O)C(N)Cc1ccc(O)cc1)C(=O)O. The van der Waals surface area contributed by atoms with E-state index in [0.29, 0.717) is 31.4 Å². The number of aromatic hydroxyl groups is 1. The molecule has 0 aliphatic carbocycles. The summed E-state index contributed by atoms with van der Waals surface area (Å²) in [5.74, 6) is -3.16. The summed E-state index contributed by atoms with van der Waals surface area (Å²) in [6.45, 7) is 0.135. The van der Waals surface area contributed by atoms with Crippen LogP contribution in [0.2, 0.25) is 0 Å². The number of nitrogens with one attached hydrogen (secondary N) is 3. The van der Waals surface area contributed by atoms with E-state index in [1.54, 1.807) is 12.1 Å². The topological polar surface area (TPSA) is 261 Å². The lowest BCUT2D eigenvalue weighted by atomic mass is 10.0. The van der Waals surface area contributed by atoms with Gasteiger partial charge in [0.05, 0.1) is 12.6 Å². The first kappa shape index (κ1) is 31.1. The van der Waals surface area contributed by atoms with Crippen LogP contribution in [0.1, 0.15) is 37.7 Å². The number of rotatable bonds is 17. The molecular formula is C23H38N8O6. The number of hydrogen-bond donors (Lipinski definition) is 9. The average Bonchev–Trinajstić information content (AvgIpc) is 2.84. The fraction of sp³-hybridized carbons (Fsp3) is 0.522. The minimum absolute atomic E-state index is 0.0774. The third-order valence-corrected chi connectivity index (χ3v) is 5.31. The van der Waals surface area contributed by atoms with Gasteiger partial charge in [-0.25, -0.2) is 4.79 Å². The Kier molecular flexibility index (Phi) is 14.1. The van der Waals surface area contributed by atoms with Gasteiger partial charge >= 0.3 is 5.97 Å². The third-order valence-electron chi connectivity index (χ3n) is 5.31. The Hall–Kier alpha value is -3.91. The van der Waals surface area contributed by atoms with E-state index in [4.69, 9.17) is 22.9 Å². The molecule has 3 atom stereocenters. The summed E-state index contributed by atoms with van der Waals surface area (Å²) in [6, 6.07) is 3.06. The Morgan fingerprint density at radius 3 is 2.16 bits per heavy atom. The molecule has 0 saturated carbocycles. The van der Waals surface area contributed by atoms with Crippen LogP contribution in [0, 0.1) is 0 Å². The van der Waals surface area contributed by atoms with Gasteiger partial charge < -0.3 is 49.1 Å². The fourth-order valence-corrected chi connectivity index (χ4v) is 3.32. The molecule has 0 bridgehead atoms. The molecule has 0 spiro atoms. The van der Waals surface area contributed by atoms with Crippen molar-refractivity contribution >= 4 is 29.7 Å². The Morgan fingerprint density at radius 1 is 0.919 bits per heavy atom. The standard InChI is InChI=1S/C23H38N8O6/c24-10-2-1-4-18(22(36)37)30-19(33)13-29-21(35)17(5-3-11-28-23(26)27)31-20(34)16(25)12-14-6-8-15(32)9-7-14/h6-9,16-18,32H,1-5,10-13,24-25H2,(H,29,35)(H,30,33)(H,31,34)(H,36,37)(H4,26,27,28). The van der Waals surface area contributed by atoms with E-state index >= 15 is 0 Å². The number of carbonyl (C=O) groups excluding carboxylic acids is 3. The van der Waals surface area contributed by atoms with E-state index in [0.717, 1.165) is 0 Å². The zero-order chi connectivity index (χ0) is 27.8. The predicted molar refractivity (Wildman–Crippen MR) is 137 cm³/mol. The maximum absolute atomic E-state index is 12.8. The molecule has 0 heterocycles. The minimum Gasteiger partial charge on any atom is -0.508 e. The second-order valence-corrected chi connectivity index (χ2v) is 8.45. The molecule has 0 saturated heterocycles. The number of nitrogens with zero attached hydrogens (tertiary/aromatic N) is 1. The normalized spacial score (nSPS) is 13.0. The van der Waals surface area contributed by atoms with Gasteiger partial charge in [-0.3, -0.25) is 19.4 Å². The number of benzene rings is 1. The van der Waals surface area contributed by atoms with Crippen molar-refractivity contribution < 1.29 is 29.4 Å². The van der Waals surface area contributed by atoms with Crippen LogP contribution in [-0.2, 0) is 25.6 Å². The lowest BCUT2D eigenvalue weighted by Crippen LogP contribution is -2.53. The van der Waals surface area contributed by atoms with Crippen LogP contribution in [0.3, 0.4) is 0 Å². The quantitative estimate of drug-likeness (QED) is 0.0595. The second-order valence-electron chi connectivity index (χ2n) is 8.45. The maximum atomic E-state index is 12.8. The second kappa shape index (κ2) is 16.7. The molecule has 13 N–H and O–H groups in total. The summed E-state index contributed by atoms with van der Waals surface area (Å²) in [5.41, 5.74) is 22.7. The van der Waals surface area contributed by atoms with Gasteiger partial charge in [0.15, 0.2) is 5.96 Å². The number of carboxylic acids is 1. The van der Waals surface area contributed by atoms with Gasteiger partial charge in [0, 0.05) is 6.54 Å². The number of unbranched alkanes of at least 4 members (excludes halogenated alkanes) is 1. The van der Waals surface area contributed by atoms with Crippen molar-refractivity contribution in [2.45, 2.75) is 56.7 Å². The molecule has 1 aromatic carbocycles. The highest BCUT2D eigenvalue weighted by Gasteiger charge is 2.25. The van der Waals surface area contributed by atoms with Crippen LogP contribution >= 0.6 is 0 Å². The Morgan fingerprint density at radius 2 is 1.57 bits per heavy atom. The number of guanidine groups is 1. The minimum atomic E-state index is -1.19.